The highest BCUT2D eigenvalue weighted by Gasteiger charge is 2.30. The smallest absolute Gasteiger partial charge is 0.406 e. The summed E-state index contributed by atoms with van der Waals surface area (Å²) in [6, 6.07) is 6.98. The molecule has 1 aromatic carbocycles. The van der Waals surface area contributed by atoms with Crippen LogP contribution in [-0.4, -0.2) is 21.1 Å². The fourth-order valence-electron chi connectivity index (χ4n) is 2.25. The van der Waals surface area contributed by atoms with E-state index in [1.807, 2.05) is 0 Å². The zero-order valence-electron chi connectivity index (χ0n) is 12.2. The van der Waals surface area contributed by atoms with Crippen LogP contribution in [0.4, 0.5) is 17.6 Å². The second kappa shape index (κ2) is 6.31. The van der Waals surface area contributed by atoms with E-state index in [-0.39, 0.29) is 12.2 Å². The van der Waals surface area contributed by atoms with Gasteiger partial charge in [0.2, 0.25) is 0 Å². The molecular formula is C16H11F4N3O. The molecule has 0 N–H and O–H groups in total. The molecule has 0 bridgehead atoms. The minimum absolute atomic E-state index is 0.176. The van der Waals surface area contributed by atoms with Crippen LogP contribution in [0.1, 0.15) is 11.1 Å². The molecule has 0 atom stereocenters. The fourth-order valence-corrected chi connectivity index (χ4v) is 2.25. The standard InChI is InChI=1S/C16H11F4N3O/c17-14-9-21-10-15(23-7-1-6-22-23)13(14)8-11-2-4-12(5-3-11)24-16(18,19)20/h1-7,9-10H,8H2. The Labute approximate surface area is 134 Å². The van der Waals surface area contributed by atoms with Gasteiger partial charge in [-0.15, -0.1) is 13.2 Å². The molecule has 24 heavy (non-hydrogen) atoms. The number of aromatic nitrogens is 3. The van der Waals surface area contributed by atoms with Crippen molar-refractivity contribution in [2.24, 2.45) is 0 Å². The largest absolute Gasteiger partial charge is 0.573 e. The summed E-state index contributed by atoms with van der Waals surface area (Å²) in [5.41, 5.74) is 1.44. The van der Waals surface area contributed by atoms with E-state index in [0.29, 0.717) is 16.8 Å². The molecule has 3 aromatic rings. The van der Waals surface area contributed by atoms with Gasteiger partial charge in [-0.2, -0.15) is 5.10 Å². The second-order valence-corrected chi connectivity index (χ2v) is 4.94. The molecule has 124 valence electrons. The van der Waals surface area contributed by atoms with Crippen LogP contribution in [0.5, 0.6) is 5.75 Å². The van der Waals surface area contributed by atoms with E-state index in [1.54, 1.807) is 18.5 Å². The summed E-state index contributed by atoms with van der Waals surface area (Å²) in [4.78, 5) is 3.82. The molecule has 0 aliphatic rings. The molecular weight excluding hydrogens is 326 g/mol. The van der Waals surface area contributed by atoms with Gasteiger partial charge in [0.05, 0.1) is 18.1 Å². The highest BCUT2D eigenvalue weighted by Crippen LogP contribution is 2.25. The minimum atomic E-state index is -4.74. The average molecular weight is 337 g/mol. The molecule has 2 heterocycles. The van der Waals surface area contributed by atoms with Crippen LogP contribution >= 0.6 is 0 Å². The van der Waals surface area contributed by atoms with Gasteiger partial charge >= 0.3 is 6.36 Å². The summed E-state index contributed by atoms with van der Waals surface area (Å²) >= 11 is 0. The molecule has 0 fully saturated rings. The minimum Gasteiger partial charge on any atom is -0.406 e. The fraction of sp³-hybridized carbons (Fsp3) is 0.125. The number of hydrogen-bond donors (Lipinski definition) is 0. The maximum Gasteiger partial charge on any atom is 0.573 e. The lowest BCUT2D eigenvalue weighted by molar-refractivity contribution is -0.274. The number of halogens is 4. The number of rotatable bonds is 4. The predicted molar refractivity (Wildman–Crippen MR) is 77.2 cm³/mol. The van der Waals surface area contributed by atoms with Crippen molar-refractivity contribution >= 4 is 0 Å². The van der Waals surface area contributed by atoms with Crippen LogP contribution in [0.3, 0.4) is 0 Å². The SMILES string of the molecule is Fc1cncc(-n2cccn2)c1Cc1ccc(OC(F)(F)F)cc1. The Bertz CT molecular complexity index is 814. The van der Waals surface area contributed by atoms with Gasteiger partial charge in [-0.25, -0.2) is 9.07 Å². The molecule has 4 nitrogen and oxygen atoms in total. The summed E-state index contributed by atoms with van der Waals surface area (Å²) in [5, 5.41) is 4.05. The number of nitrogens with zero attached hydrogens (tertiary/aromatic N) is 3. The highest BCUT2D eigenvalue weighted by molar-refractivity contribution is 5.42. The lowest BCUT2D eigenvalue weighted by Crippen LogP contribution is -2.17. The van der Waals surface area contributed by atoms with Gasteiger partial charge in [0.25, 0.3) is 0 Å². The summed E-state index contributed by atoms with van der Waals surface area (Å²) < 4.78 is 55.9. The third-order valence-corrected chi connectivity index (χ3v) is 3.27. The first kappa shape index (κ1) is 16.0. The maximum absolute atomic E-state index is 14.2. The Morgan fingerprint density at radius 3 is 2.46 bits per heavy atom. The van der Waals surface area contributed by atoms with Crippen molar-refractivity contribution in [3.8, 4) is 11.4 Å². The van der Waals surface area contributed by atoms with E-state index in [9.17, 15) is 17.6 Å². The third-order valence-electron chi connectivity index (χ3n) is 3.27. The Morgan fingerprint density at radius 1 is 1.08 bits per heavy atom. The molecule has 0 aliphatic carbocycles. The van der Waals surface area contributed by atoms with Crippen LogP contribution < -0.4 is 4.74 Å². The van der Waals surface area contributed by atoms with Crippen molar-refractivity contribution in [1.82, 2.24) is 14.8 Å². The summed E-state index contributed by atoms with van der Waals surface area (Å²) in [6.07, 6.45) is 1.20. The topological polar surface area (TPSA) is 39.9 Å². The van der Waals surface area contributed by atoms with Crippen molar-refractivity contribution < 1.29 is 22.3 Å². The average Bonchev–Trinajstić information content (AvgIpc) is 3.04. The first-order valence-electron chi connectivity index (χ1n) is 6.89. The number of ether oxygens (including phenoxy) is 1. The third kappa shape index (κ3) is 3.70. The van der Waals surface area contributed by atoms with E-state index >= 15 is 0 Å². The van der Waals surface area contributed by atoms with Gasteiger partial charge in [-0.3, -0.25) is 4.98 Å². The van der Waals surface area contributed by atoms with E-state index in [2.05, 4.69) is 14.8 Å². The Kier molecular flexibility index (Phi) is 4.20. The molecule has 0 radical (unpaired) electrons. The second-order valence-electron chi connectivity index (χ2n) is 4.94. The van der Waals surface area contributed by atoms with Crippen LogP contribution in [-0.2, 0) is 6.42 Å². The van der Waals surface area contributed by atoms with Crippen LogP contribution in [0.2, 0.25) is 0 Å². The van der Waals surface area contributed by atoms with Crippen molar-refractivity contribution in [2.75, 3.05) is 0 Å². The van der Waals surface area contributed by atoms with E-state index < -0.39 is 12.2 Å². The monoisotopic (exact) mass is 337 g/mol. The number of pyridine rings is 1. The molecule has 0 saturated carbocycles. The summed E-state index contributed by atoms with van der Waals surface area (Å²) in [6.45, 7) is 0. The lowest BCUT2D eigenvalue weighted by atomic mass is 10.0. The van der Waals surface area contributed by atoms with Crippen molar-refractivity contribution in [3.63, 3.8) is 0 Å². The van der Waals surface area contributed by atoms with Crippen LogP contribution in [0, 0.1) is 5.82 Å². The number of hydrogen-bond acceptors (Lipinski definition) is 3. The van der Waals surface area contributed by atoms with Crippen LogP contribution in [0.25, 0.3) is 5.69 Å². The first-order valence-corrected chi connectivity index (χ1v) is 6.89. The quantitative estimate of drug-likeness (QED) is 0.678. The molecule has 8 heteroatoms. The van der Waals surface area contributed by atoms with Crippen molar-refractivity contribution in [2.45, 2.75) is 12.8 Å². The zero-order valence-corrected chi connectivity index (χ0v) is 12.2. The normalized spacial score (nSPS) is 11.5. The number of benzene rings is 1. The van der Waals surface area contributed by atoms with Crippen molar-refractivity contribution in [3.05, 3.63) is 72.1 Å². The van der Waals surface area contributed by atoms with E-state index in [0.717, 1.165) is 6.20 Å². The molecule has 0 amide bonds. The summed E-state index contributed by atoms with van der Waals surface area (Å²) in [5.74, 6) is -0.840. The van der Waals surface area contributed by atoms with Crippen molar-refractivity contribution in [1.29, 1.82) is 0 Å². The molecule has 3 rings (SSSR count). The maximum atomic E-state index is 14.2. The Hall–Kier alpha value is -2.90. The van der Waals surface area contributed by atoms with Gasteiger partial charge in [0, 0.05) is 24.4 Å². The lowest BCUT2D eigenvalue weighted by Gasteiger charge is -2.12. The van der Waals surface area contributed by atoms with Crippen LogP contribution in [0.15, 0.2) is 55.1 Å². The van der Waals surface area contributed by atoms with Gasteiger partial charge in [-0.05, 0) is 23.8 Å². The van der Waals surface area contributed by atoms with Gasteiger partial charge in [0.15, 0.2) is 0 Å². The van der Waals surface area contributed by atoms with E-state index in [4.69, 9.17) is 0 Å². The zero-order chi connectivity index (χ0) is 17.2. The summed E-state index contributed by atoms with van der Waals surface area (Å²) in [7, 11) is 0. The first-order chi connectivity index (χ1) is 11.4. The molecule has 0 unspecified atom stereocenters. The molecule has 0 aliphatic heterocycles. The molecule has 0 spiro atoms. The Balaban J connectivity index is 1.87. The molecule has 0 saturated heterocycles. The number of alkyl halides is 3. The Morgan fingerprint density at radius 2 is 1.83 bits per heavy atom. The van der Waals surface area contributed by atoms with Gasteiger partial charge < -0.3 is 4.74 Å². The predicted octanol–water partition coefficient (Wildman–Crippen LogP) is 3.90. The highest BCUT2D eigenvalue weighted by atomic mass is 19.4. The molecule has 2 aromatic heterocycles. The van der Waals surface area contributed by atoms with Gasteiger partial charge in [0.1, 0.15) is 11.6 Å². The van der Waals surface area contributed by atoms with Gasteiger partial charge in [-0.1, -0.05) is 12.1 Å². The van der Waals surface area contributed by atoms with E-state index in [1.165, 1.54) is 35.1 Å².